The van der Waals surface area contributed by atoms with Gasteiger partial charge in [-0.1, -0.05) is 103 Å². The Morgan fingerprint density at radius 1 is 0.542 bits per heavy atom. The van der Waals surface area contributed by atoms with Crippen molar-refractivity contribution in [1.29, 1.82) is 0 Å². The molecule has 0 aliphatic carbocycles. The fourth-order valence-electron chi connectivity index (χ4n) is 3.17. The van der Waals surface area contributed by atoms with Gasteiger partial charge in [0.1, 0.15) is 0 Å². The minimum atomic E-state index is 0.975. The molecule has 0 aliphatic rings. The molecule has 1 nitrogen and oxygen atoms in total. The van der Waals surface area contributed by atoms with Gasteiger partial charge in [0, 0.05) is 13.2 Å². The number of unbranched alkanes of at least 4 members (excludes halogenated alkanes) is 16. The van der Waals surface area contributed by atoms with Crippen molar-refractivity contribution in [3.05, 3.63) is 12.7 Å². The third kappa shape index (κ3) is 21.7. The van der Waals surface area contributed by atoms with E-state index in [2.05, 4.69) is 13.5 Å². The van der Waals surface area contributed by atoms with Crippen LogP contribution in [0.4, 0.5) is 0 Å². The Hall–Kier alpha value is -0.300. The van der Waals surface area contributed by atoms with Gasteiger partial charge in [-0.2, -0.15) is 0 Å². The van der Waals surface area contributed by atoms with Crippen molar-refractivity contribution < 1.29 is 4.74 Å². The fraction of sp³-hybridized carbons (Fsp3) is 0.913. The average molecular weight is 339 g/mol. The van der Waals surface area contributed by atoms with Crippen LogP contribution >= 0.6 is 0 Å². The molecule has 0 bridgehead atoms. The summed E-state index contributed by atoms with van der Waals surface area (Å²) in [7, 11) is 0. The standard InChI is InChI=1S/C23H46O/c1-3-5-7-8-9-10-11-12-13-14-15-16-17-18-19-21-23-24-22-20-6-4-2/h3H,1,4-23H2,2H3. The first-order chi connectivity index (χ1) is 11.9. The number of rotatable bonds is 21. The van der Waals surface area contributed by atoms with Crippen LogP contribution in [0.25, 0.3) is 0 Å². The van der Waals surface area contributed by atoms with Gasteiger partial charge in [0.15, 0.2) is 0 Å². The summed E-state index contributed by atoms with van der Waals surface area (Å²) < 4.78 is 5.65. The van der Waals surface area contributed by atoms with Gasteiger partial charge in [0.05, 0.1) is 0 Å². The van der Waals surface area contributed by atoms with Crippen LogP contribution in [0.3, 0.4) is 0 Å². The lowest BCUT2D eigenvalue weighted by molar-refractivity contribution is 0.126. The van der Waals surface area contributed by atoms with Gasteiger partial charge in [0.2, 0.25) is 0 Å². The Labute approximate surface area is 153 Å². The maximum Gasteiger partial charge on any atom is 0.0466 e. The molecule has 0 aromatic carbocycles. The van der Waals surface area contributed by atoms with Crippen LogP contribution in [0.15, 0.2) is 12.7 Å². The van der Waals surface area contributed by atoms with E-state index < -0.39 is 0 Å². The molecule has 0 unspecified atom stereocenters. The summed E-state index contributed by atoms with van der Waals surface area (Å²) in [5.41, 5.74) is 0. The molecule has 0 rings (SSSR count). The van der Waals surface area contributed by atoms with Gasteiger partial charge >= 0.3 is 0 Å². The van der Waals surface area contributed by atoms with Crippen molar-refractivity contribution in [2.75, 3.05) is 13.2 Å². The highest BCUT2D eigenvalue weighted by atomic mass is 16.5. The van der Waals surface area contributed by atoms with E-state index in [0.29, 0.717) is 0 Å². The maximum atomic E-state index is 5.65. The SMILES string of the molecule is C=CCCCCCCCCCCCCCCCCOCCCCC. The summed E-state index contributed by atoms with van der Waals surface area (Å²) in [5.74, 6) is 0. The van der Waals surface area contributed by atoms with Crippen LogP contribution in [0.2, 0.25) is 0 Å². The summed E-state index contributed by atoms with van der Waals surface area (Å²) in [6, 6.07) is 0. The van der Waals surface area contributed by atoms with Gasteiger partial charge in [-0.3, -0.25) is 0 Å². The molecule has 0 saturated carbocycles. The summed E-state index contributed by atoms with van der Waals surface area (Å²) in [4.78, 5) is 0. The van der Waals surface area contributed by atoms with Crippen LogP contribution in [0, 0.1) is 0 Å². The zero-order valence-electron chi connectivity index (χ0n) is 16.8. The number of hydrogen-bond donors (Lipinski definition) is 0. The van der Waals surface area contributed by atoms with E-state index in [9.17, 15) is 0 Å². The molecule has 0 amide bonds. The van der Waals surface area contributed by atoms with E-state index in [-0.39, 0.29) is 0 Å². The third-order valence-electron chi connectivity index (χ3n) is 4.84. The third-order valence-corrected chi connectivity index (χ3v) is 4.84. The second-order valence-electron chi connectivity index (χ2n) is 7.35. The quantitative estimate of drug-likeness (QED) is 0.151. The lowest BCUT2D eigenvalue weighted by Gasteiger charge is -2.04. The van der Waals surface area contributed by atoms with Gasteiger partial charge in [0.25, 0.3) is 0 Å². The van der Waals surface area contributed by atoms with Crippen molar-refractivity contribution in [1.82, 2.24) is 0 Å². The molecule has 1 heteroatoms. The lowest BCUT2D eigenvalue weighted by atomic mass is 10.0. The second-order valence-corrected chi connectivity index (χ2v) is 7.35. The minimum Gasteiger partial charge on any atom is -0.381 e. The molecule has 0 aromatic rings. The molecule has 0 heterocycles. The highest BCUT2D eigenvalue weighted by molar-refractivity contribution is 4.65. The minimum absolute atomic E-state index is 0.975. The molecule has 0 fully saturated rings. The molecule has 144 valence electrons. The Kier molecular flexibility index (Phi) is 22.4. The zero-order chi connectivity index (χ0) is 17.6. The molecule has 0 N–H and O–H groups in total. The van der Waals surface area contributed by atoms with Crippen molar-refractivity contribution in [3.8, 4) is 0 Å². The van der Waals surface area contributed by atoms with Crippen molar-refractivity contribution in [3.63, 3.8) is 0 Å². The fourth-order valence-corrected chi connectivity index (χ4v) is 3.17. The Bertz CT molecular complexity index is 224. The predicted molar refractivity (Wildman–Crippen MR) is 110 cm³/mol. The topological polar surface area (TPSA) is 9.23 Å². The number of ether oxygens (including phenoxy) is 1. The maximum absolute atomic E-state index is 5.65. The van der Waals surface area contributed by atoms with Crippen molar-refractivity contribution >= 4 is 0 Å². The normalized spacial score (nSPS) is 11.0. The smallest absolute Gasteiger partial charge is 0.0466 e. The highest BCUT2D eigenvalue weighted by Crippen LogP contribution is 2.13. The molecular formula is C23H46O. The van der Waals surface area contributed by atoms with Crippen LogP contribution < -0.4 is 0 Å². The monoisotopic (exact) mass is 338 g/mol. The van der Waals surface area contributed by atoms with Gasteiger partial charge in [-0.25, -0.2) is 0 Å². The van der Waals surface area contributed by atoms with E-state index in [0.717, 1.165) is 13.2 Å². The van der Waals surface area contributed by atoms with Crippen molar-refractivity contribution in [2.45, 2.75) is 122 Å². The molecule has 24 heavy (non-hydrogen) atoms. The average Bonchev–Trinajstić information content (AvgIpc) is 2.60. The van der Waals surface area contributed by atoms with Crippen LogP contribution in [-0.4, -0.2) is 13.2 Å². The van der Waals surface area contributed by atoms with E-state index in [1.165, 1.54) is 116 Å². The lowest BCUT2D eigenvalue weighted by Crippen LogP contribution is -1.96. The molecule has 0 saturated heterocycles. The second kappa shape index (κ2) is 22.7. The number of hydrogen-bond acceptors (Lipinski definition) is 1. The summed E-state index contributed by atoms with van der Waals surface area (Å²) in [6.07, 6.45) is 26.9. The summed E-state index contributed by atoms with van der Waals surface area (Å²) in [6.45, 7) is 7.98. The van der Waals surface area contributed by atoms with Crippen LogP contribution in [-0.2, 0) is 4.74 Å². The Morgan fingerprint density at radius 2 is 0.917 bits per heavy atom. The van der Waals surface area contributed by atoms with E-state index >= 15 is 0 Å². The molecule has 0 atom stereocenters. The Morgan fingerprint density at radius 3 is 1.33 bits per heavy atom. The van der Waals surface area contributed by atoms with Gasteiger partial charge in [-0.05, 0) is 25.7 Å². The largest absolute Gasteiger partial charge is 0.381 e. The van der Waals surface area contributed by atoms with Gasteiger partial charge in [-0.15, -0.1) is 6.58 Å². The van der Waals surface area contributed by atoms with E-state index in [4.69, 9.17) is 4.74 Å². The predicted octanol–water partition coefficient (Wildman–Crippen LogP) is 8.23. The van der Waals surface area contributed by atoms with E-state index in [1.54, 1.807) is 0 Å². The molecule has 0 spiro atoms. The molecule has 0 aliphatic heterocycles. The van der Waals surface area contributed by atoms with Crippen LogP contribution in [0.5, 0.6) is 0 Å². The van der Waals surface area contributed by atoms with Crippen LogP contribution in [0.1, 0.15) is 122 Å². The van der Waals surface area contributed by atoms with Crippen molar-refractivity contribution in [2.24, 2.45) is 0 Å². The zero-order valence-corrected chi connectivity index (χ0v) is 16.8. The Balaban J connectivity index is 2.94. The first kappa shape index (κ1) is 23.7. The van der Waals surface area contributed by atoms with E-state index in [1.807, 2.05) is 6.08 Å². The van der Waals surface area contributed by atoms with Gasteiger partial charge < -0.3 is 4.74 Å². The first-order valence-electron chi connectivity index (χ1n) is 11.1. The molecule has 0 aromatic heterocycles. The highest BCUT2D eigenvalue weighted by Gasteiger charge is 1.95. The molecule has 0 radical (unpaired) electrons. The molecular weight excluding hydrogens is 292 g/mol. The first-order valence-corrected chi connectivity index (χ1v) is 11.1. The summed E-state index contributed by atoms with van der Waals surface area (Å²) in [5, 5.41) is 0. The number of allylic oxidation sites excluding steroid dienone is 1. The summed E-state index contributed by atoms with van der Waals surface area (Å²) >= 11 is 0.